The fourth-order valence-corrected chi connectivity index (χ4v) is 3.13. The van der Waals surface area contributed by atoms with Gasteiger partial charge in [-0.2, -0.15) is 4.98 Å². The molecular weight excluding hydrogens is 319 g/mol. The summed E-state index contributed by atoms with van der Waals surface area (Å²) in [7, 11) is 0. The van der Waals surface area contributed by atoms with E-state index in [-0.39, 0.29) is 10.8 Å². The first kappa shape index (κ1) is 18.6. The van der Waals surface area contributed by atoms with Gasteiger partial charge < -0.3 is 9.73 Å². The van der Waals surface area contributed by atoms with E-state index in [1.165, 1.54) is 5.46 Å². The van der Waals surface area contributed by atoms with Crippen LogP contribution in [0.3, 0.4) is 0 Å². The lowest BCUT2D eigenvalue weighted by atomic mass is 9.39. The number of hydrogen-bond donors (Lipinski definition) is 1. The molecule has 0 spiro atoms. The second-order valence-corrected chi connectivity index (χ2v) is 8.97. The van der Waals surface area contributed by atoms with E-state index >= 15 is 0 Å². The quantitative estimate of drug-likeness (QED) is 0.577. The molecule has 0 saturated carbocycles. The maximum atomic E-state index is 5.73. The summed E-state index contributed by atoms with van der Waals surface area (Å²) < 4.78 is 5.73. The minimum absolute atomic E-state index is 0.279. The number of fused-ring (bicyclic) bond motifs is 1. The van der Waals surface area contributed by atoms with Gasteiger partial charge in [0.05, 0.1) is 0 Å². The van der Waals surface area contributed by atoms with Gasteiger partial charge >= 0.3 is 0 Å². The Bertz CT molecular complexity index is 842. The summed E-state index contributed by atoms with van der Waals surface area (Å²) in [4.78, 5) is 4.46. The summed E-state index contributed by atoms with van der Waals surface area (Å²) in [6.07, 6.45) is 1.16. The molecule has 1 aromatic heterocycles. The number of aromatic nitrogens is 1. The Morgan fingerprint density at radius 2 is 1.62 bits per heavy atom. The van der Waals surface area contributed by atoms with E-state index in [0.29, 0.717) is 12.7 Å². The van der Waals surface area contributed by atoms with E-state index < -0.39 is 0 Å². The molecule has 136 valence electrons. The molecule has 0 bridgehead atoms. The van der Waals surface area contributed by atoms with E-state index in [2.05, 4.69) is 76.0 Å². The van der Waals surface area contributed by atoms with Crippen LogP contribution >= 0.6 is 0 Å². The molecule has 0 amide bonds. The van der Waals surface area contributed by atoms with Crippen molar-refractivity contribution in [1.82, 2.24) is 4.98 Å². The highest BCUT2D eigenvalue weighted by Gasteiger charge is 2.34. The van der Waals surface area contributed by atoms with Gasteiger partial charge in [-0.1, -0.05) is 77.5 Å². The maximum Gasteiger partial charge on any atom is 0.300 e. The Morgan fingerprint density at radius 3 is 2.23 bits per heavy atom. The lowest BCUT2D eigenvalue weighted by molar-refractivity contribution is 0.156. The van der Waals surface area contributed by atoms with Crippen LogP contribution < -0.4 is 10.8 Å². The molecule has 1 N–H and O–H groups in total. The molecule has 2 aromatic carbocycles. The van der Waals surface area contributed by atoms with Crippen LogP contribution in [0.5, 0.6) is 0 Å². The first-order valence-electron chi connectivity index (χ1n) is 9.38. The maximum absolute atomic E-state index is 5.73. The molecule has 0 fully saturated rings. The van der Waals surface area contributed by atoms with Crippen LogP contribution in [0.2, 0.25) is 13.1 Å². The fraction of sp³-hybridized carbons (Fsp3) is 0.409. The summed E-state index contributed by atoms with van der Waals surface area (Å²) in [5, 5.41) is 3.25. The second kappa shape index (κ2) is 6.83. The highest BCUT2D eigenvalue weighted by molar-refractivity contribution is 6.72. The molecular formula is C22H29BN2O. The molecule has 3 rings (SSSR count). The molecule has 0 aliphatic rings. The number of benzene rings is 2. The van der Waals surface area contributed by atoms with Crippen molar-refractivity contribution in [3.8, 4) is 0 Å². The van der Waals surface area contributed by atoms with Gasteiger partial charge in [-0.05, 0) is 35.1 Å². The average Bonchev–Trinajstić information content (AvgIpc) is 2.96. The Morgan fingerprint density at radius 1 is 0.962 bits per heavy atom. The lowest BCUT2D eigenvalue weighted by Crippen LogP contribution is -2.38. The molecule has 0 aliphatic carbocycles. The predicted molar refractivity (Wildman–Crippen MR) is 113 cm³/mol. The summed E-state index contributed by atoms with van der Waals surface area (Å²) in [6.45, 7) is 14.5. The standard InChI is InChI=1S/C22H29BN2O/c1-21(2,3)22(4,5)15-23(6)16-11-13-17(14-12-16)24-20-25-18-9-7-8-10-19(18)26-20/h7-14H,15H2,1-6H3,(H,24,25). The molecule has 3 aromatic rings. The SMILES string of the molecule is CB(CC(C)(C)C(C)(C)C)c1ccc(Nc2nc3ccccc3o2)cc1. The number of para-hydroxylation sites is 2. The monoisotopic (exact) mass is 348 g/mol. The lowest BCUT2D eigenvalue weighted by Gasteiger charge is -2.40. The minimum atomic E-state index is 0.279. The zero-order chi connectivity index (χ0) is 18.9. The molecule has 3 nitrogen and oxygen atoms in total. The van der Waals surface area contributed by atoms with Crippen molar-refractivity contribution < 1.29 is 4.42 Å². The van der Waals surface area contributed by atoms with Crippen molar-refractivity contribution in [2.24, 2.45) is 10.8 Å². The molecule has 4 heteroatoms. The Kier molecular flexibility index (Phi) is 4.87. The highest BCUT2D eigenvalue weighted by atomic mass is 16.4. The van der Waals surface area contributed by atoms with Gasteiger partial charge in [0.2, 0.25) is 0 Å². The number of anilines is 2. The van der Waals surface area contributed by atoms with E-state index in [1.54, 1.807) is 0 Å². The fourth-order valence-electron chi connectivity index (χ4n) is 3.13. The van der Waals surface area contributed by atoms with Gasteiger partial charge in [0.15, 0.2) is 12.3 Å². The number of oxazole rings is 1. The zero-order valence-electron chi connectivity index (χ0n) is 16.8. The van der Waals surface area contributed by atoms with Gasteiger partial charge in [-0.15, -0.1) is 0 Å². The van der Waals surface area contributed by atoms with Crippen molar-refractivity contribution in [3.63, 3.8) is 0 Å². The van der Waals surface area contributed by atoms with Gasteiger partial charge in [-0.25, -0.2) is 0 Å². The first-order chi connectivity index (χ1) is 12.2. The molecule has 0 unspecified atom stereocenters. The number of nitrogens with zero attached hydrogens (tertiary/aromatic N) is 1. The van der Waals surface area contributed by atoms with Gasteiger partial charge in [0.1, 0.15) is 5.52 Å². The first-order valence-corrected chi connectivity index (χ1v) is 9.38. The average molecular weight is 348 g/mol. The molecule has 0 atom stereocenters. The summed E-state index contributed by atoms with van der Waals surface area (Å²) >= 11 is 0. The summed E-state index contributed by atoms with van der Waals surface area (Å²) in [6, 6.07) is 16.9. The number of rotatable bonds is 5. The van der Waals surface area contributed by atoms with E-state index in [4.69, 9.17) is 4.42 Å². The Hall–Kier alpha value is -2.23. The van der Waals surface area contributed by atoms with Crippen molar-refractivity contribution >= 4 is 35.0 Å². The summed E-state index contributed by atoms with van der Waals surface area (Å²) in [5.74, 6) is 0. The van der Waals surface area contributed by atoms with Crippen molar-refractivity contribution in [2.75, 3.05) is 5.32 Å². The number of hydrogen-bond acceptors (Lipinski definition) is 3. The largest absolute Gasteiger partial charge is 0.423 e. The smallest absolute Gasteiger partial charge is 0.300 e. The topological polar surface area (TPSA) is 38.1 Å². The van der Waals surface area contributed by atoms with E-state index in [9.17, 15) is 0 Å². The molecule has 26 heavy (non-hydrogen) atoms. The van der Waals surface area contributed by atoms with Crippen LogP contribution in [0, 0.1) is 10.8 Å². The Balaban J connectivity index is 1.70. The zero-order valence-corrected chi connectivity index (χ0v) is 16.8. The van der Waals surface area contributed by atoms with Crippen molar-refractivity contribution in [1.29, 1.82) is 0 Å². The van der Waals surface area contributed by atoms with Crippen LogP contribution in [-0.4, -0.2) is 11.7 Å². The van der Waals surface area contributed by atoms with Crippen molar-refractivity contribution in [3.05, 3.63) is 48.5 Å². The second-order valence-electron chi connectivity index (χ2n) is 8.97. The third kappa shape index (κ3) is 3.95. The molecule has 0 radical (unpaired) electrons. The van der Waals surface area contributed by atoms with Crippen LogP contribution in [0.4, 0.5) is 11.7 Å². The van der Waals surface area contributed by atoms with Crippen LogP contribution in [0.15, 0.2) is 52.9 Å². The van der Waals surface area contributed by atoms with Crippen LogP contribution in [-0.2, 0) is 0 Å². The van der Waals surface area contributed by atoms with Gasteiger partial charge in [0.25, 0.3) is 6.01 Å². The van der Waals surface area contributed by atoms with Gasteiger partial charge in [0, 0.05) is 5.69 Å². The Labute approximate surface area is 157 Å². The third-order valence-corrected chi connectivity index (χ3v) is 5.87. The van der Waals surface area contributed by atoms with E-state index in [0.717, 1.165) is 23.1 Å². The van der Waals surface area contributed by atoms with Gasteiger partial charge in [-0.3, -0.25) is 0 Å². The van der Waals surface area contributed by atoms with Crippen molar-refractivity contribution in [2.45, 2.75) is 47.8 Å². The molecule has 0 aliphatic heterocycles. The molecule has 1 heterocycles. The minimum Gasteiger partial charge on any atom is -0.423 e. The van der Waals surface area contributed by atoms with E-state index in [1.807, 2.05) is 24.3 Å². The highest BCUT2D eigenvalue weighted by Crippen LogP contribution is 2.42. The van der Waals surface area contributed by atoms with Crippen LogP contribution in [0.1, 0.15) is 34.6 Å². The normalized spacial score (nSPS) is 12.4. The van der Waals surface area contributed by atoms with Crippen LogP contribution in [0.25, 0.3) is 11.1 Å². The predicted octanol–water partition coefficient (Wildman–Crippen LogP) is 5.98. The summed E-state index contributed by atoms with van der Waals surface area (Å²) in [5.41, 5.74) is 4.58. The third-order valence-electron chi connectivity index (χ3n) is 5.87. The number of nitrogens with one attached hydrogen (secondary N) is 1. The molecule has 0 saturated heterocycles.